The molecule has 2 aromatic heterocycles. The highest BCUT2D eigenvalue weighted by molar-refractivity contribution is 7.13. The first-order valence-electron chi connectivity index (χ1n) is 7.58. The van der Waals surface area contributed by atoms with Crippen LogP contribution in [-0.4, -0.2) is 33.4 Å². The van der Waals surface area contributed by atoms with E-state index in [0.717, 1.165) is 4.88 Å². The quantitative estimate of drug-likeness (QED) is 0.683. The molecule has 0 unspecified atom stereocenters. The number of thiophene rings is 1. The van der Waals surface area contributed by atoms with Crippen LogP contribution in [0.3, 0.4) is 0 Å². The molecule has 10 heteroatoms. The molecule has 0 saturated heterocycles. The number of rotatable bonds is 4. The summed E-state index contributed by atoms with van der Waals surface area (Å²) >= 11 is 1.42. The number of carbonyl (C=O) groups excluding carboxylic acids is 2. The highest BCUT2D eigenvalue weighted by Crippen LogP contribution is 2.25. The number of ether oxygens (including phenoxy) is 1. The molecule has 3 rings (SSSR count). The van der Waals surface area contributed by atoms with E-state index >= 15 is 0 Å². The van der Waals surface area contributed by atoms with Crippen LogP contribution in [0.4, 0.5) is 9.18 Å². The molecule has 0 aliphatic heterocycles. The first-order chi connectivity index (χ1) is 12.6. The van der Waals surface area contributed by atoms with E-state index in [-0.39, 0.29) is 18.2 Å². The Morgan fingerprint density at radius 1 is 1.23 bits per heavy atom. The van der Waals surface area contributed by atoms with Crippen LogP contribution in [0.1, 0.15) is 17.5 Å². The third-order valence-corrected chi connectivity index (χ3v) is 4.04. The Morgan fingerprint density at radius 3 is 2.65 bits per heavy atom. The third kappa shape index (κ3) is 3.86. The number of hydrogen-bond donors (Lipinski definition) is 2. The Bertz CT molecular complexity index is 909. The Kier molecular flexibility index (Phi) is 5.23. The molecule has 8 nitrogen and oxygen atoms in total. The van der Waals surface area contributed by atoms with Crippen molar-refractivity contribution in [2.24, 2.45) is 0 Å². The molecule has 0 saturated carbocycles. The zero-order chi connectivity index (χ0) is 18.5. The van der Waals surface area contributed by atoms with E-state index in [0.29, 0.717) is 11.5 Å². The molecule has 0 aliphatic rings. The first kappa shape index (κ1) is 17.5. The average molecular weight is 375 g/mol. The van der Waals surface area contributed by atoms with Gasteiger partial charge in [0.2, 0.25) is 5.82 Å². The van der Waals surface area contributed by atoms with Crippen molar-refractivity contribution in [1.29, 1.82) is 0 Å². The van der Waals surface area contributed by atoms with E-state index in [1.165, 1.54) is 40.3 Å². The van der Waals surface area contributed by atoms with Crippen LogP contribution in [0.15, 0.2) is 41.8 Å². The predicted molar refractivity (Wildman–Crippen MR) is 92.3 cm³/mol. The summed E-state index contributed by atoms with van der Waals surface area (Å²) in [7, 11) is 0. The van der Waals surface area contributed by atoms with E-state index in [4.69, 9.17) is 0 Å². The normalized spacial score (nSPS) is 10.4. The second-order valence-electron chi connectivity index (χ2n) is 4.92. The smallest absolute Gasteiger partial charge is 0.426 e. The Hall–Kier alpha value is -3.27. The number of benzene rings is 1. The Balaban J connectivity index is 1.90. The van der Waals surface area contributed by atoms with Gasteiger partial charge < -0.3 is 4.74 Å². The first-order valence-corrected chi connectivity index (χ1v) is 8.46. The molecule has 0 atom stereocenters. The topological polar surface area (TPSA) is 98.1 Å². The number of hydrazine groups is 1. The van der Waals surface area contributed by atoms with Crippen LogP contribution in [-0.2, 0) is 4.74 Å². The van der Waals surface area contributed by atoms with Crippen molar-refractivity contribution in [2.45, 2.75) is 6.92 Å². The van der Waals surface area contributed by atoms with Gasteiger partial charge >= 0.3 is 12.0 Å². The summed E-state index contributed by atoms with van der Waals surface area (Å²) in [6, 6.07) is 9.30. The standard InChI is InChI=1S/C16H14FN5O3S/c1-2-25-16(24)20-19-15(23)13-18-14(12-4-3-9-26-12)22(21-13)11-7-5-10(17)6-8-11/h3-9H,2H2,1H3,(H,19,23)(H,20,24). The SMILES string of the molecule is CCOC(=O)NNC(=O)c1nc(-c2cccs2)n(-c2ccc(F)cc2)n1. The molecule has 0 aliphatic carbocycles. The average Bonchev–Trinajstić information content (AvgIpc) is 3.30. The van der Waals surface area contributed by atoms with E-state index in [1.54, 1.807) is 6.92 Å². The summed E-state index contributed by atoms with van der Waals surface area (Å²) in [6.45, 7) is 1.81. The number of hydrogen-bond acceptors (Lipinski definition) is 6. The number of nitrogens with zero attached hydrogens (tertiary/aromatic N) is 3. The van der Waals surface area contributed by atoms with E-state index < -0.39 is 12.0 Å². The van der Waals surface area contributed by atoms with Crippen LogP contribution in [0.5, 0.6) is 0 Å². The van der Waals surface area contributed by atoms with Gasteiger partial charge in [0.25, 0.3) is 0 Å². The molecule has 0 spiro atoms. The lowest BCUT2D eigenvalue weighted by atomic mass is 10.3. The van der Waals surface area contributed by atoms with E-state index in [9.17, 15) is 14.0 Å². The zero-order valence-electron chi connectivity index (χ0n) is 13.6. The van der Waals surface area contributed by atoms with Gasteiger partial charge in [-0.2, -0.15) is 0 Å². The monoisotopic (exact) mass is 375 g/mol. The Labute approximate surface area is 151 Å². The minimum Gasteiger partial charge on any atom is -0.449 e. The second kappa shape index (κ2) is 7.74. The summed E-state index contributed by atoms with van der Waals surface area (Å²) in [5, 5.41) is 6.04. The van der Waals surface area contributed by atoms with Crippen molar-refractivity contribution in [1.82, 2.24) is 25.6 Å². The highest BCUT2D eigenvalue weighted by Gasteiger charge is 2.20. The number of nitrogens with one attached hydrogen (secondary N) is 2. The molecule has 3 aromatic rings. The van der Waals surface area contributed by atoms with Gasteiger partial charge in [-0.25, -0.2) is 24.3 Å². The van der Waals surface area contributed by atoms with Gasteiger partial charge in [-0.1, -0.05) is 6.07 Å². The minimum atomic E-state index is -0.794. The van der Waals surface area contributed by atoms with Gasteiger partial charge in [0.1, 0.15) is 5.82 Å². The molecule has 134 valence electrons. The molecular weight excluding hydrogens is 361 g/mol. The maximum atomic E-state index is 13.2. The van der Waals surface area contributed by atoms with Crippen molar-refractivity contribution in [2.75, 3.05) is 6.61 Å². The molecule has 2 N–H and O–H groups in total. The van der Waals surface area contributed by atoms with Gasteiger partial charge in [0.05, 0.1) is 17.2 Å². The lowest BCUT2D eigenvalue weighted by molar-refractivity contribution is 0.0902. The number of amides is 2. The Morgan fingerprint density at radius 2 is 2.00 bits per heavy atom. The molecule has 0 radical (unpaired) electrons. The number of carbonyl (C=O) groups is 2. The van der Waals surface area contributed by atoms with Crippen LogP contribution in [0.2, 0.25) is 0 Å². The van der Waals surface area contributed by atoms with E-state index in [1.807, 2.05) is 17.5 Å². The van der Waals surface area contributed by atoms with Gasteiger partial charge in [-0.3, -0.25) is 10.2 Å². The van der Waals surface area contributed by atoms with Crippen LogP contribution < -0.4 is 10.9 Å². The highest BCUT2D eigenvalue weighted by atomic mass is 32.1. The van der Waals surface area contributed by atoms with Crippen LogP contribution in [0, 0.1) is 5.82 Å². The van der Waals surface area contributed by atoms with Crippen molar-refractivity contribution in [3.63, 3.8) is 0 Å². The van der Waals surface area contributed by atoms with Crippen molar-refractivity contribution in [3.05, 3.63) is 53.4 Å². The predicted octanol–water partition coefficient (Wildman–Crippen LogP) is 2.53. The lowest BCUT2D eigenvalue weighted by Crippen LogP contribution is -2.42. The third-order valence-electron chi connectivity index (χ3n) is 3.18. The maximum absolute atomic E-state index is 13.2. The maximum Gasteiger partial charge on any atom is 0.426 e. The molecule has 2 amide bonds. The number of aromatic nitrogens is 3. The van der Waals surface area contributed by atoms with Gasteiger partial charge in [-0.15, -0.1) is 16.4 Å². The fourth-order valence-electron chi connectivity index (χ4n) is 2.07. The molecular formula is C16H14FN5O3S. The van der Waals surface area contributed by atoms with Crippen molar-refractivity contribution >= 4 is 23.3 Å². The minimum absolute atomic E-state index is 0.158. The molecule has 2 heterocycles. The summed E-state index contributed by atoms with van der Waals surface area (Å²) in [4.78, 5) is 28.5. The summed E-state index contributed by atoms with van der Waals surface area (Å²) < 4.78 is 19.3. The van der Waals surface area contributed by atoms with Gasteiger partial charge in [-0.05, 0) is 42.6 Å². The molecule has 0 bridgehead atoms. The fraction of sp³-hybridized carbons (Fsp3) is 0.125. The van der Waals surface area contributed by atoms with Crippen molar-refractivity contribution < 1.29 is 18.7 Å². The van der Waals surface area contributed by atoms with Gasteiger partial charge in [0.15, 0.2) is 5.82 Å². The fourth-order valence-corrected chi connectivity index (χ4v) is 2.77. The van der Waals surface area contributed by atoms with Gasteiger partial charge in [0, 0.05) is 0 Å². The van der Waals surface area contributed by atoms with Crippen LogP contribution in [0.25, 0.3) is 16.4 Å². The van der Waals surface area contributed by atoms with E-state index in [2.05, 4.69) is 25.7 Å². The summed E-state index contributed by atoms with van der Waals surface area (Å²) in [5.74, 6) is -0.831. The molecule has 1 aromatic carbocycles. The largest absolute Gasteiger partial charge is 0.449 e. The van der Waals surface area contributed by atoms with Crippen molar-refractivity contribution in [3.8, 4) is 16.4 Å². The number of halogens is 1. The zero-order valence-corrected chi connectivity index (χ0v) is 14.4. The molecule has 0 fully saturated rings. The molecule has 26 heavy (non-hydrogen) atoms. The van der Waals surface area contributed by atoms with Crippen LogP contribution >= 0.6 is 11.3 Å². The lowest BCUT2D eigenvalue weighted by Gasteiger charge is -2.05. The summed E-state index contributed by atoms with van der Waals surface area (Å²) in [6.07, 6.45) is -0.794. The summed E-state index contributed by atoms with van der Waals surface area (Å²) in [5.41, 5.74) is 4.81. The second-order valence-corrected chi connectivity index (χ2v) is 5.87.